The summed E-state index contributed by atoms with van der Waals surface area (Å²) in [7, 11) is 0. The number of aryl methyl sites for hydroxylation is 1. The van der Waals surface area contributed by atoms with E-state index in [-0.39, 0.29) is 5.41 Å². The zero-order chi connectivity index (χ0) is 17.9. The Morgan fingerprint density at radius 2 is 2.00 bits per heavy atom. The van der Waals surface area contributed by atoms with Crippen molar-refractivity contribution in [2.24, 2.45) is 0 Å². The maximum Gasteiger partial charge on any atom is 0.315 e. The Bertz CT molecular complexity index is 751. The van der Waals surface area contributed by atoms with Crippen molar-refractivity contribution in [2.75, 3.05) is 17.6 Å². The minimum atomic E-state index is -0.677. The molecule has 3 heterocycles. The minimum Gasteiger partial charge on any atom is -0.347 e. The van der Waals surface area contributed by atoms with Crippen LogP contribution in [0.15, 0.2) is 24.5 Å². The third kappa shape index (κ3) is 4.38. The van der Waals surface area contributed by atoms with E-state index >= 15 is 0 Å². The average Bonchev–Trinajstić information content (AvgIpc) is 3.02. The molecule has 0 radical (unpaired) electrons. The molecule has 25 heavy (non-hydrogen) atoms. The van der Waals surface area contributed by atoms with Crippen LogP contribution in [0.5, 0.6) is 0 Å². The molecular weight excluding hydrogens is 356 g/mol. The molecule has 0 saturated heterocycles. The lowest BCUT2D eigenvalue weighted by Crippen LogP contribution is -2.42. The second-order valence-electron chi connectivity index (χ2n) is 6.45. The maximum absolute atomic E-state index is 12.1. The highest BCUT2D eigenvalue weighted by Crippen LogP contribution is 2.31. The molecule has 6 nitrogen and oxygen atoms in total. The summed E-state index contributed by atoms with van der Waals surface area (Å²) in [5.74, 6) is 0.651. The highest BCUT2D eigenvalue weighted by Gasteiger charge is 2.24. The number of nitrogens with zero attached hydrogens (tertiary/aromatic N) is 2. The summed E-state index contributed by atoms with van der Waals surface area (Å²) in [5.41, 5.74) is 1.79. The molecular formula is C17H20N4O2S2. The van der Waals surface area contributed by atoms with E-state index in [1.165, 1.54) is 16.2 Å². The second-order valence-corrected chi connectivity index (χ2v) is 8.64. The fourth-order valence-electron chi connectivity index (χ4n) is 2.52. The SMILES string of the molecule is CC(C)(CNC(=O)C(=O)Nc1nc2c(s1)CSCC2)c1ccncc1. The Morgan fingerprint density at radius 3 is 2.72 bits per heavy atom. The monoisotopic (exact) mass is 376 g/mol. The topological polar surface area (TPSA) is 84.0 Å². The molecule has 0 spiro atoms. The summed E-state index contributed by atoms with van der Waals surface area (Å²) in [6, 6.07) is 3.81. The number of thioether (sulfide) groups is 1. The van der Waals surface area contributed by atoms with Gasteiger partial charge in [-0.3, -0.25) is 19.9 Å². The normalized spacial score (nSPS) is 13.8. The van der Waals surface area contributed by atoms with Crippen LogP contribution in [0, 0.1) is 0 Å². The molecule has 2 amide bonds. The Kier molecular flexibility index (Phi) is 5.39. The fourth-order valence-corrected chi connectivity index (χ4v) is 4.64. The quantitative estimate of drug-likeness (QED) is 0.801. The first-order chi connectivity index (χ1) is 12.0. The van der Waals surface area contributed by atoms with E-state index in [2.05, 4.69) is 20.6 Å². The number of nitrogens with one attached hydrogen (secondary N) is 2. The largest absolute Gasteiger partial charge is 0.347 e. The lowest BCUT2D eigenvalue weighted by atomic mass is 9.85. The van der Waals surface area contributed by atoms with Crippen molar-refractivity contribution in [2.45, 2.75) is 31.4 Å². The van der Waals surface area contributed by atoms with Crippen LogP contribution in [-0.4, -0.2) is 34.1 Å². The van der Waals surface area contributed by atoms with E-state index < -0.39 is 11.8 Å². The van der Waals surface area contributed by atoms with Crippen molar-refractivity contribution in [1.82, 2.24) is 15.3 Å². The number of aromatic nitrogens is 2. The summed E-state index contributed by atoms with van der Waals surface area (Å²) < 4.78 is 0. The van der Waals surface area contributed by atoms with Gasteiger partial charge in [-0.1, -0.05) is 13.8 Å². The van der Waals surface area contributed by atoms with E-state index in [0.29, 0.717) is 11.7 Å². The Hall–Kier alpha value is -1.93. The third-order valence-electron chi connectivity index (χ3n) is 4.07. The summed E-state index contributed by atoms with van der Waals surface area (Å²) in [4.78, 5) is 33.8. The Morgan fingerprint density at radius 1 is 1.24 bits per heavy atom. The standard InChI is InChI=1S/C17H20N4O2S2/c1-17(2,11-3-6-18-7-4-11)10-19-14(22)15(23)21-16-20-12-5-8-24-9-13(12)25-16/h3-4,6-7H,5,8-10H2,1-2H3,(H,19,22)(H,20,21,23). The molecule has 0 atom stereocenters. The van der Waals surface area contributed by atoms with Gasteiger partial charge < -0.3 is 5.32 Å². The number of rotatable bonds is 4. The summed E-state index contributed by atoms with van der Waals surface area (Å²) in [6.45, 7) is 4.37. The van der Waals surface area contributed by atoms with Gasteiger partial charge in [-0.25, -0.2) is 4.98 Å². The smallest absolute Gasteiger partial charge is 0.315 e. The summed E-state index contributed by atoms with van der Waals surface area (Å²) >= 11 is 3.31. The van der Waals surface area contributed by atoms with Crippen molar-refractivity contribution in [1.29, 1.82) is 0 Å². The molecule has 0 aromatic carbocycles. The molecule has 0 aliphatic carbocycles. The van der Waals surface area contributed by atoms with E-state index in [1.807, 2.05) is 37.7 Å². The third-order valence-corrected chi connectivity index (χ3v) is 6.26. The molecule has 2 aromatic heterocycles. The first kappa shape index (κ1) is 17.9. The van der Waals surface area contributed by atoms with Crippen LogP contribution in [0.4, 0.5) is 5.13 Å². The van der Waals surface area contributed by atoms with Gasteiger partial charge in [0.1, 0.15) is 0 Å². The number of thiazole rings is 1. The van der Waals surface area contributed by atoms with Crippen molar-refractivity contribution in [3.8, 4) is 0 Å². The molecule has 1 aliphatic heterocycles. The zero-order valence-corrected chi connectivity index (χ0v) is 15.8. The van der Waals surface area contributed by atoms with E-state index in [0.717, 1.165) is 29.2 Å². The van der Waals surface area contributed by atoms with Crippen molar-refractivity contribution >= 4 is 40.0 Å². The van der Waals surface area contributed by atoms with Crippen LogP contribution in [-0.2, 0) is 27.2 Å². The predicted molar refractivity (Wildman–Crippen MR) is 101 cm³/mol. The Labute approximate surface area is 154 Å². The predicted octanol–water partition coefficient (Wildman–Crippen LogP) is 2.36. The lowest BCUT2D eigenvalue weighted by Gasteiger charge is -2.25. The van der Waals surface area contributed by atoms with Gasteiger partial charge in [0, 0.05) is 35.0 Å². The van der Waals surface area contributed by atoms with Gasteiger partial charge in [-0.15, -0.1) is 11.3 Å². The minimum absolute atomic E-state index is 0.295. The van der Waals surface area contributed by atoms with Crippen molar-refractivity contribution in [3.63, 3.8) is 0 Å². The van der Waals surface area contributed by atoms with Gasteiger partial charge in [0.2, 0.25) is 0 Å². The van der Waals surface area contributed by atoms with E-state index in [9.17, 15) is 9.59 Å². The fraction of sp³-hybridized carbons (Fsp3) is 0.412. The van der Waals surface area contributed by atoms with Crippen LogP contribution in [0.3, 0.4) is 0 Å². The number of carbonyl (C=O) groups is 2. The van der Waals surface area contributed by atoms with Gasteiger partial charge in [0.05, 0.1) is 5.69 Å². The van der Waals surface area contributed by atoms with Gasteiger partial charge in [-0.2, -0.15) is 11.8 Å². The molecule has 0 unspecified atom stereocenters. The van der Waals surface area contributed by atoms with Crippen LogP contribution < -0.4 is 10.6 Å². The zero-order valence-electron chi connectivity index (χ0n) is 14.2. The molecule has 0 saturated carbocycles. The highest BCUT2D eigenvalue weighted by atomic mass is 32.2. The number of amides is 2. The highest BCUT2D eigenvalue weighted by molar-refractivity contribution is 7.98. The van der Waals surface area contributed by atoms with Gasteiger partial charge in [0.15, 0.2) is 5.13 Å². The average molecular weight is 377 g/mol. The number of fused-ring (bicyclic) bond motifs is 1. The number of anilines is 1. The molecule has 3 rings (SSSR count). The van der Waals surface area contributed by atoms with Crippen LogP contribution >= 0.6 is 23.1 Å². The van der Waals surface area contributed by atoms with Crippen LogP contribution in [0.1, 0.15) is 30.0 Å². The molecule has 132 valence electrons. The van der Waals surface area contributed by atoms with Crippen molar-refractivity contribution < 1.29 is 9.59 Å². The number of hydrogen-bond donors (Lipinski definition) is 2. The molecule has 2 aromatic rings. The number of hydrogen-bond acceptors (Lipinski definition) is 6. The first-order valence-electron chi connectivity index (χ1n) is 8.02. The molecule has 1 aliphatic rings. The Balaban J connectivity index is 1.56. The maximum atomic E-state index is 12.1. The first-order valence-corrected chi connectivity index (χ1v) is 9.99. The van der Waals surface area contributed by atoms with Gasteiger partial charge in [-0.05, 0) is 29.9 Å². The van der Waals surface area contributed by atoms with Gasteiger partial charge >= 0.3 is 11.8 Å². The molecule has 8 heteroatoms. The number of pyridine rings is 1. The molecule has 2 N–H and O–H groups in total. The van der Waals surface area contributed by atoms with Crippen molar-refractivity contribution in [3.05, 3.63) is 40.7 Å². The van der Waals surface area contributed by atoms with Crippen LogP contribution in [0.2, 0.25) is 0 Å². The lowest BCUT2D eigenvalue weighted by molar-refractivity contribution is -0.136. The molecule has 0 fully saturated rings. The van der Waals surface area contributed by atoms with E-state index in [1.54, 1.807) is 12.4 Å². The summed E-state index contributed by atoms with van der Waals surface area (Å²) in [5, 5.41) is 5.82. The van der Waals surface area contributed by atoms with Crippen LogP contribution in [0.25, 0.3) is 0 Å². The second kappa shape index (κ2) is 7.53. The number of carbonyl (C=O) groups excluding carboxylic acids is 2. The van der Waals surface area contributed by atoms with Gasteiger partial charge in [0.25, 0.3) is 0 Å². The summed E-state index contributed by atoms with van der Waals surface area (Å²) in [6.07, 6.45) is 4.35. The van der Waals surface area contributed by atoms with E-state index in [4.69, 9.17) is 0 Å². The molecule has 0 bridgehead atoms.